The first kappa shape index (κ1) is 15.5. The van der Waals surface area contributed by atoms with Crippen LogP contribution in [0.2, 0.25) is 0 Å². The Hall–Kier alpha value is -1.92. The van der Waals surface area contributed by atoms with Crippen molar-refractivity contribution in [3.8, 4) is 11.3 Å². The molecule has 21 heavy (non-hydrogen) atoms. The normalized spacial score (nSPS) is 11.4. The van der Waals surface area contributed by atoms with Crippen molar-refractivity contribution < 1.29 is 13.0 Å². The second-order valence-corrected chi connectivity index (χ2v) is 5.91. The molecule has 0 bridgehead atoms. The van der Waals surface area contributed by atoms with Crippen molar-refractivity contribution >= 4 is 15.8 Å². The van der Waals surface area contributed by atoms with Gasteiger partial charge in [-0.2, -0.15) is 8.42 Å². The van der Waals surface area contributed by atoms with E-state index in [1.54, 1.807) is 0 Å². The summed E-state index contributed by atoms with van der Waals surface area (Å²) in [5.41, 5.74) is 1.80. The summed E-state index contributed by atoms with van der Waals surface area (Å²) in [7, 11) is -4.31. The zero-order chi connectivity index (χ0) is 15.5. The molecule has 0 aliphatic heterocycles. The fourth-order valence-electron chi connectivity index (χ4n) is 2.30. The largest absolute Gasteiger partial charge is 0.369 e. The van der Waals surface area contributed by atoms with Crippen LogP contribution in [0.25, 0.3) is 11.3 Å². The summed E-state index contributed by atoms with van der Waals surface area (Å²) >= 11 is 0. The molecule has 6 heteroatoms. The zero-order valence-corrected chi connectivity index (χ0v) is 12.8. The van der Waals surface area contributed by atoms with Gasteiger partial charge in [0, 0.05) is 24.8 Å². The third-order valence-corrected chi connectivity index (χ3v) is 4.18. The van der Waals surface area contributed by atoms with E-state index in [1.165, 1.54) is 12.3 Å². The fraction of sp³-hybridized carbons (Fsp3) is 0.267. The van der Waals surface area contributed by atoms with E-state index >= 15 is 0 Å². The minimum absolute atomic E-state index is 0.111. The van der Waals surface area contributed by atoms with Gasteiger partial charge in [-0.15, -0.1) is 0 Å². The van der Waals surface area contributed by atoms with Gasteiger partial charge in [0.05, 0.1) is 11.4 Å². The first-order chi connectivity index (χ1) is 9.99. The second kappa shape index (κ2) is 6.24. The quantitative estimate of drug-likeness (QED) is 0.860. The lowest BCUT2D eigenvalue weighted by molar-refractivity contribution is 0.483. The summed E-state index contributed by atoms with van der Waals surface area (Å²) in [6, 6.07) is 10.7. The Bertz CT molecular complexity index is 711. The van der Waals surface area contributed by atoms with E-state index in [-0.39, 0.29) is 4.90 Å². The molecule has 0 atom stereocenters. The maximum Gasteiger partial charge on any atom is 0.296 e. The van der Waals surface area contributed by atoms with Crippen molar-refractivity contribution in [2.45, 2.75) is 18.7 Å². The van der Waals surface area contributed by atoms with Crippen molar-refractivity contribution in [1.82, 2.24) is 4.98 Å². The number of rotatable bonds is 5. The molecule has 0 aliphatic rings. The van der Waals surface area contributed by atoms with Crippen LogP contribution in [0.4, 0.5) is 5.69 Å². The lowest BCUT2D eigenvalue weighted by atomic mass is 10.1. The van der Waals surface area contributed by atoms with Crippen molar-refractivity contribution in [3.05, 3.63) is 42.6 Å². The maximum atomic E-state index is 11.7. The number of aromatic nitrogens is 1. The molecule has 0 fully saturated rings. The van der Waals surface area contributed by atoms with Crippen LogP contribution in [0.5, 0.6) is 0 Å². The fourth-order valence-corrected chi connectivity index (χ4v) is 3.00. The molecular formula is C15H18N2O3S. The van der Waals surface area contributed by atoms with Gasteiger partial charge in [0.15, 0.2) is 0 Å². The Morgan fingerprint density at radius 3 is 2.24 bits per heavy atom. The molecule has 0 unspecified atom stereocenters. The van der Waals surface area contributed by atoms with Gasteiger partial charge in [0.25, 0.3) is 10.1 Å². The number of hydrogen-bond donors (Lipinski definition) is 1. The summed E-state index contributed by atoms with van der Waals surface area (Å²) in [6.45, 7) is 5.09. The first-order valence-electron chi connectivity index (χ1n) is 6.75. The van der Waals surface area contributed by atoms with Gasteiger partial charge in [-0.25, -0.2) is 0 Å². The van der Waals surface area contributed by atoms with Gasteiger partial charge >= 0.3 is 0 Å². The zero-order valence-electron chi connectivity index (χ0n) is 12.0. The van der Waals surface area contributed by atoms with Gasteiger partial charge in [-0.3, -0.25) is 9.54 Å². The minimum atomic E-state index is -4.31. The second-order valence-electron chi connectivity index (χ2n) is 4.52. The van der Waals surface area contributed by atoms with Crippen LogP contribution in [-0.4, -0.2) is 31.0 Å². The Morgan fingerprint density at radius 2 is 1.71 bits per heavy atom. The van der Waals surface area contributed by atoms with Gasteiger partial charge < -0.3 is 4.90 Å². The van der Waals surface area contributed by atoms with Crippen LogP contribution in [-0.2, 0) is 10.1 Å². The van der Waals surface area contributed by atoms with Crippen LogP contribution >= 0.6 is 0 Å². The van der Waals surface area contributed by atoms with Crippen LogP contribution < -0.4 is 4.90 Å². The number of nitrogens with zero attached hydrogens (tertiary/aromatic N) is 2. The molecule has 112 valence electrons. The highest BCUT2D eigenvalue weighted by molar-refractivity contribution is 7.86. The van der Waals surface area contributed by atoms with Crippen LogP contribution in [0, 0.1) is 0 Å². The predicted molar refractivity (Wildman–Crippen MR) is 83.0 cm³/mol. The molecule has 0 aliphatic carbocycles. The molecular weight excluding hydrogens is 288 g/mol. The predicted octanol–water partition coefficient (Wildman–Crippen LogP) is 2.84. The molecule has 0 radical (unpaired) electrons. The minimum Gasteiger partial charge on any atom is -0.369 e. The molecule has 1 aromatic heterocycles. The summed E-state index contributed by atoms with van der Waals surface area (Å²) in [5, 5.41) is 0. The molecule has 1 aromatic carbocycles. The lowest BCUT2D eigenvalue weighted by Gasteiger charge is -2.25. The number of benzene rings is 1. The van der Waals surface area contributed by atoms with E-state index in [4.69, 9.17) is 0 Å². The number of hydrogen-bond acceptors (Lipinski definition) is 4. The molecule has 2 aromatic rings. The van der Waals surface area contributed by atoms with Crippen LogP contribution in [0.15, 0.2) is 47.5 Å². The van der Waals surface area contributed by atoms with Gasteiger partial charge in [0.2, 0.25) is 0 Å². The SMILES string of the molecule is CCN(CC)c1c(S(=O)(=O)O)ccnc1-c1ccccc1. The third kappa shape index (κ3) is 3.22. The van der Waals surface area contributed by atoms with E-state index in [0.717, 1.165) is 5.56 Å². The Labute approximate surface area is 125 Å². The Kier molecular flexibility index (Phi) is 4.59. The monoisotopic (exact) mass is 306 g/mol. The van der Waals surface area contributed by atoms with Crippen molar-refractivity contribution in [2.24, 2.45) is 0 Å². The van der Waals surface area contributed by atoms with Crippen molar-refractivity contribution in [2.75, 3.05) is 18.0 Å². The highest BCUT2D eigenvalue weighted by Gasteiger charge is 2.23. The highest BCUT2D eigenvalue weighted by Crippen LogP contribution is 2.34. The third-order valence-electron chi connectivity index (χ3n) is 3.29. The van der Waals surface area contributed by atoms with Crippen molar-refractivity contribution in [1.29, 1.82) is 0 Å². The summed E-state index contributed by atoms with van der Waals surface area (Å²) in [6.07, 6.45) is 1.40. The van der Waals surface area contributed by atoms with E-state index in [9.17, 15) is 13.0 Å². The average Bonchev–Trinajstić information content (AvgIpc) is 2.48. The average molecular weight is 306 g/mol. The molecule has 0 spiro atoms. The standard InChI is InChI=1S/C15H18N2O3S/c1-3-17(4-2)15-13(21(18,19)20)10-11-16-14(15)12-8-6-5-7-9-12/h5-11H,3-4H2,1-2H3,(H,18,19,20). The van der Waals surface area contributed by atoms with E-state index < -0.39 is 10.1 Å². The topological polar surface area (TPSA) is 70.5 Å². The lowest BCUT2D eigenvalue weighted by Crippen LogP contribution is -2.25. The molecule has 1 N–H and O–H groups in total. The van der Waals surface area contributed by atoms with Gasteiger partial charge in [-0.1, -0.05) is 30.3 Å². The molecule has 5 nitrogen and oxygen atoms in total. The number of anilines is 1. The van der Waals surface area contributed by atoms with E-state index in [0.29, 0.717) is 24.5 Å². The highest BCUT2D eigenvalue weighted by atomic mass is 32.2. The summed E-state index contributed by atoms with van der Waals surface area (Å²) in [4.78, 5) is 6.09. The summed E-state index contributed by atoms with van der Waals surface area (Å²) in [5.74, 6) is 0. The molecule has 0 amide bonds. The van der Waals surface area contributed by atoms with E-state index in [2.05, 4.69) is 4.98 Å². The van der Waals surface area contributed by atoms with Crippen molar-refractivity contribution in [3.63, 3.8) is 0 Å². The van der Waals surface area contributed by atoms with E-state index in [1.807, 2.05) is 49.1 Å². The molecule has 0 saturated carbocycles. The number of pyridine rings is 1. The molecule has 0 saturated heterocycles. The molecule has 2 rings (SSSR count). The first-order valence-corrected chi connectivity index (χ1v) is 8.19. The molecule has 1 heterocycles. The van der Waals surface area contributed by atoms with Gasteiger partial charge in [-0.05, 0) is 19.9 Å². The Balaban J connectivity index is 2.77. The van der Waals surface area contributed by atoms with Crippen LogP contribution in [0.3, 0.4) is 0 Å². The Morgan fingerprint density at radius 1 is 1.10 bits per heavy atom. The maximum absolute atomic E-state index is 11.7. The summed E-state index contributed by atoms with van der Waals surface area (Å²) < 4.78 is 32.8. The smallest absolute Gasteiger partial charge is 0.296 e. The van der Waals surface area contributed by atoms with Crippen LogP contribution in [0.1, 0.15) is 13.8 Å². The van der Waals surface area contributed by atoms with Gasteiger partial charge in [0.1, 0.15) is 4.90 Å².